The van der Waals surface area contributed by atoms with Gasteiger partial charge in [-0.1, -0.05) is 18.6 Å². The van der Waals surface area contributed by atoms with Crippen LogP contribution in [0.3, 0.4) is 0 Å². The molecule has 2 rings (SSSR count). The average Bonchev–Trinajstić information content (AvgIpc) is 2.42. The normalized spacial score (nSPS) is 16.3. The Bertz CT molecular complexity index is 517. The van der Waals surface area contributed by atoms with Crippen molar-refractivity contribution in [3.05, 3.63) is 29.8 Å². The van der Waals surface area contributed by atoms with Gasteiger partial charge in [-0.25, -0.2) is 0 Å². The van der Waals surface area contributed by atoms with Gasteiger partial charge in [0.25, 0.3) is 0 Å². The molecule has 1 aromatic carbocycles. The lowest BCUT2D eigenvalue weighted by molar-refractivity contribution is -0.120. The molecular formula is C16H21N3O. The van der Waals surface area contributed by atoms with Crippen LogP contribution in [0.1, 0.15) is 31.7 Å². The van der Waals surface area contributed by atoms with Crippen molar-refractivity contribution >= 4 is 11.6 Å². The van der Waals surface area contributed by atoms with Gasteiger partial charge < -0.3 is 5.32 Å². The molecule has 1 saturated carbocycles. The summed E-state index contributed by atoms with van der Waals surface area (Å²) in [6.45, 7) is 2.87. The smallest absolute Gasteiger partial charge is 0.241 e. The van der Waals surface area contributed by atoms with Gasteiger partial charge >= 0.3 is 0 Å². The van der Waals surface area contributed by atoms with Crippen LogP contribution in [-0.4, -0.2) is 30.4 Å². The molecule has 106 valence electrons. The largest absolute Gasteiger partial charge is 0.324 e. The van der Waals surface area contributed by atoms with Crippen LogP contribution in [0.4, 0.5) is 5.69 Å². The van der Waals surface area contributed by atoms with E-state index in [-0.39, 0.29) is 11.9 Å². The zero-order chi connectivity index (χ0) is 14.5. The highest BCUT2D eigenvalue weighted by molar-refractivity contribution is 5.95. The first-order valence-corrected chi connectivity index (χ1v) is 7.12. The molecule has 0 aliphatic heterocycles. The lowest BCUT2D eigenvalue weighted by atomic mass is 9.85. The van der Waals surface area contributed by atoms with E-state index in [2.05, 4.69) is 16.3 Å². The molecule has 0 radical (unpaired) electrons. The van der Waals surface area contributed by atoms with Crippen molar-refractivity contribution in [1.29, 1.82) is 5.26 Å². The summed E-state index contributed by atoms with van der Waals surface area (Å²) in [5, 5.41) is 11.9. The minimum absolute atomic E-state index is 0.0606. The Morgan fingerprint density at radius 3 is 2.80 bits per heavy atom. The molecule has 1 amide bonds. The maximum atomic E-state index is 12.2. The van der Waals surface area contributed by atoms with Crippen LogP contribution >= 0.6 is 0 Å². The minimum Gasteiger partial charge on any atom is -0.324 e. The lowest BCUT2D eigenvalue weighted by Crippen LogP contribution is -2.43. The SMILES string of the molecule is CC(C(=O)Nc1ccccc1C#N)N(C)CC1CCC1. The zero-order valence-corrected chi connectivity index (χ0v) is 12.1. The number of carbonyl (C=O) groups excluding carboxylic acids is 1. The second kappa shape index (κ2) is 6.53. The number of amides is 1. The summed E-state index contributed by atoms with van der Waals surface area (Å²) in [6, 6.07) is 8.98. The highest BCUT2D eigenvalue weighted by atomic mass is 16.2. The number of likely N-dealkylation sites (N-methyl/N-ethyl adjacent to an activating group) is 1. The molecule has 0 heterocycles. The molecule has 4 heteroatoms. The number of nitrogens with zero attached hydrogens (tertiary/aromatic N) is 2. The van der Waals surface area contributed by atoms with Crippen LogP contribution in [0.5, 0.6) is 0 Å². The van der Waals surface area contributed by atoms with Crippen molar-refractivity contribution in [2.24, 2.45) is 5.92 Å². The fraction of sp³-hybridized carbons (Fsp3) is 0.500. The topological polar surface area (TPSA) is 56.1 Å². The highest BCUT2D eigenvalue weighted by Crippen LogP contribution is 2.27. The average molecular weight is 271 g/mol. The number of nitriles is 1. The first-order valence-electron chi connectivity index (χ1n) is 7.12. The van der Waals surface area contributed by atoms with Gasteiger partial charge in [0.2, 0.25) is 5.91 Å². The van der Waals surface area contributed by atoms with Crippen molar-refractivity contribution in [1.82, 2.24) is 4.90 Å². The van der Waals surface area contributed by atoms with Gasteiger partial charge in [0.15, 0.2) is 0 Å². The highest BCUT2D eigenvalue weighted by Gasteiger charge is 2.24. The number of benzene rings is 1. The third kappa shape index (κ3) is 3.37. The maximum Gasteiger partial charge on any atom is 0.241 e. The second-order valence-electron chi connectivity index (χ2n) is 5.56. The molecule has 1 aromatic rings. The third-order valence-corrected chi connectivity index (χ3v) is 4.12. The Balaban J connectivity index is 1.94. The Morgan fingerprint density at radius 2 is 2.20 bits per heavy atom. The minimum atomic E-state index is -0.192. The van der Waals surface area contributed by atoms with E-state index < -0.39 is 0 Å². The van der Waals surface area contributed by atoms with Gasteiger partial charge in [-0.3, -0.25) is 9.69 Å². The molecule has 4 nitrogen and oxygen atoms in total. The van der Waals surface area contributed by atoms with Crippen LogP contribution in [0.25, 0.3) is 0 Å². The van der Waals surface area contributed by atoms with E-state index in [9.17, 15) is 4.79 Å². The molecule has 0 saturated heterocycles. The predicted octanol–water partition coefficient (Wildman–Crippen LogP) is 2.62. The quantitative estimate of drug-likeness (QED) is 0.895. The third-order valence-electron chi connectivity index (χ3n) is 4.12. The summed E-state index contributed by atoms with van der Waals surface area (Å²) in [7, 11) is 1.98. The maximum absolute atomic E-state index is 12.2. The summed E-state index contributed by atoms with van der Waals surface area (Å²) >= 11 is 0. The Morgan fingerprint density at radius 1 is 1.50 bits per heavy atom. The lowest BCUT2D eigenvalue weighted by Gasteiger charge is -2.32. The van der Waals surface area contributed by atoms with Crippen molar-refractivity contribution < 1.29 is 4.79 Å². The van der Waals surface area contributed by atoms with Crippen molar-refractivity contribution in [2.45, 2.75) is 32.2 Å². The van der Waals surface area contributed by atoms with E-state index in [1.165, 1.54) is 19.3 Å². The van der Waals surface area contributed by atoms with E-state index in [1.54, 1.807) is 18.2 Å². The molecule has 1 fully saturated rings. The fourth-order valence-corrected chi connectivity index (χ4v) is 2.37. The van der Waals surface area contributed by atoms with Gasteiger partial charge in [0.1, 0.15) is 6.07 Å². The Kier molecular flexibility index (Phi) is 4.75. The van der Waals surface area contributed by atoms with Crippen LogP contribution < -0.4 is 5.32 Å². The molecule has 0 bridgehead atoms. The molecule has 1 aliphatic carbocycles. The van der Waals surface area contributed by atoms with Gasteiger partial charge in [-0.2, -0.15) is 5.26 Å². The number of para-hydroxylation sites is 1. The summed E-state index contributed by atoms with van der Waals surface area (Å²) in [5.74, 6) is 0.677. The molecule has 1 N–H and O–H groups in total. The van der Waals surface area contributed by atoms with Crippen molar-refractivity contribution in [3.8, 4) is 6.07 Å². The number of nitrogens with one attached hydrogen (secondary N) is 1. The Labute approximate surface area is 120 Å². The predicted molar refractivity (Wildman–Crippen MR) is 79.2 cm³/mol. The van der Waals surface area contributed by atoms with E-state index in [0.717, 1.165) is 12.5 Å². The Hall–Kier alpha value is -1.86. The number of rotatable bonds is 5. The van der Waals surface area contributed by atoms with Gasteiger partial charge in [0.05, 0.1) is 17.3 Å². The standard InChI is InChI=1S/C16H21N3O/c1-12(19(2)11-13-6-5-7-13)16(20)18-15-9-4-3-8-14(15)10-17/h3-4,8-9,12-13H,5-7,11H2,1-2H3,(H,18,20). The first-order chi connectivity index (χ1) is 9.61. The van der Waals surface area contributed by atoms with E-state index in [0.29, 0.717) is 11.3 Å². The monoisotopic (exact) mass is 271 g/mol. The van der Waals surface area contributed by atoms with Crippen LogP contribution in [-0.2, 0) is 4.79 Å². The number of hydrogen-bond donors (Lipinski definition) is 1. The number of hydrogen-bond acceptors (Lipinski definition) is 3. The molecule has 0 spiro atoms. The molecule has 1 unspecified atom stereocenters. The fourth-order valence-electron chi connectivity index (χ4n) is 2.37. The van der Waals surface area contributed by atoms with Crippen molar-refractivity contribution in [2.75, 3.05) is 18.9 Å². The van der Waals surface area contributed by atoms with Gasteiger partial charge in [-0.05, 0) is 44.9 Å². The molecular weight excluding hydrogens is 250 g/mol. The molecule has 20 heavy (non-hydrogen) atoms. The molecule has 1 atom stereocenters. The van der Waals surface area contributed by atoms with Crippen LogP contribution in [0.15, 0.2) is 24.3 Å². The zero-order valence-electron chi connectivity index (χ0n) is 12.1. The molecule has 0 aromatic heterocycles. The van der Waals surface area contributed by atoms with E-state index in [1.807, 2.05) is 20.0 Å². The van der Waals surface area contributed by atoms with E-state index in [4.69, 9.17) is 5.26 Å². The van der Waals surface area contributed by atoms with Crippen molar-refractivity contribution in [3.63, 3.8) is 0 Å². The number of carbonyl (C=O) groups is 1. The number of anilines is 1. The first kappa shape index (κ1) is 14.5. The summed E-state index contributed by atoms with van der Waals surface area (Å²) in [4.78, 5) is 14.3. The summed E-state index contributed by atoms with van der Waals surface area (Å²) in [6.07, 6.45) is 3.86. The molecule has 1 aliphatic rings. The summed E-state index contributed by atoms with van der Waals surface area (Å²) < 4.78 is 0. The van der Waals surface area contributed by atoms with Crippen LogP contribution in [0.2, 0.25) is 0 Å². The van der Waals surface area contributed by atoms with Gasteiger partial charge in [0, 0.05) is 6.54 Å². The van der Waals surface area contributed by atoms with Gasteiger partial charge in [-0.15, -0.1) is 0 Å². The second-order valence-corrected chi connectivity index (χ2v) is 5.56. The summed E-state index contributed by atoms with van der Waals surface area (Å²) in [5.41, 5.74) is 1.08. The van der Waals surface area contributed by atoms with E-state index >= 15 is 0 Å². The van der Waals surface area contributed by atoms with Crippen LogP contribution in [0, 0.1) is 17.2 Å².